The monoisotopic (exact) mass is 476 g/mol. The van der Waals surface area contributed by atoms with Crippen molar-refractivity contribution in [2.45, 2.75) is 30.7 Å². The van der Waals surface area contributed by atoms with E-state index in [-0.39, 0.29) is 11.1 Å². The number of ether oxygens (including phenoxy) is 3. The summed E-state index contributed by atoms with van der Waals surface area (Å²) in [5.74, 6) is -3.00. The molecule has 2 aromatic carbocycles. The number of methoxy groups -OCH3 is 1. The van der Waals surface area contributed by atoms with Gasteiger partial charge in [0.15, 0.2) is 22.9 Å². The molecule has 4 rings (SSSR count). The second-order valence-electron chi connectivity index (χ2n) is 7.50. The van der Waals surface area contributed by atoms with Crippen LogP contribution in [0.3, 0.4) is 0 Å². The first kappa shape index (κ1) is 23.3. The number of fused-ring (bicyclic) bond motifs is 1. The van der Waals surface area contributed by atoms with Crippen LogP contribution < -0.4 is 14.9 Å². The van der Waals surface area contributed by atoms with Crippen molar-refractivity contribution in [2.24, 2.45) is 0 Å². The zero-order valence-electron chi connectivity index (χ0n) is 17.5. The number of aliphatic hydroxyl groups excluding tert-OH is 3. The van der Waals surface area contributed by atoms with Gasteiger partial charge in [-0.3, -0.25) is 4.79 Å². The van der Waals surface area contributed by atoms with Crippen molar-refractivity contribution in [3.63, 3.8) is 0 Å². The summed E-state index contributed by atoms with van der Waals surface area (Å²) < 4.78 is 21.3. The van der Waals surface area contributed by atoms with Gasteiger partial charge in [-0.1, -0.05) is 0 Å². The third kappa shape index (κ3) is 3.99. The minimum Gasteiger partial charge on any atom is -0.507 e. The van der Waals surface area contributed by atoms with Crippen LogP contribution in [0.2, 0.25) is 0 Å². The highest BCUT2D eigenvalue weighted by Crippen LogP contribution is 2.42. The summed E-state index contributed by atoms with van der Waals surface area (Å²) in [6.07, 6.45) is -9.72. The van der Waals surface area contributed by atoms with Gasteiger partial charge in [-0.05, 0) is 24.3 Å². The lowest BCUT2D eigenvalue weighted by Crippen LogP contribution is -2.61. The number of aliphatic hydroxyl groups is 3. The van der Waals surface area contributed by atoms with Crippen molar-refractivity contribution < 1.29 is 54.1 Å². The van der Waals surface area contributed by atoms with E-state index in [0.29, 0.717) is 11.3 Å². The summed E-state index contributed by atoms with van der Waals surface area (Å²) in [7, 11) is 1.48. The minimum atomic E-state index is -1.97. The second kappa shape index (κ2) is 8.83. The SMILES string of the molecule is COc1ccc(-c2cc(=O)c3c(O)cc(O)c(O[C@@H]4O[C@H](C(=O)O)[C@H](O)[C@H](O)[C@H]4O)c3o2)cc1. The molecule has 1 aromatic heterocycles. The molecule has 0 bridgehead atoms. The lowest BCUT2D eigenvalue weighted by Gasteiger charge is -2.38. The molecule has 2 heterocycles. The smallest absolute Gasteiger partial charge is 0.335 e. The Kier molecular flexibility index (Phi) is 6.06. The number of aromatic hydroxyl groups is 2. The Morgan fingerprint density at radius 1 is 0.971 bits per heavy atom. The van der Waals surface area contributed by atoms with E-state index in [0.717, 1.165) is 12.1 Å². The highest BCUT2D eigenvalue weighted by molar-refractivity contribution is 5.91. The van der Waals surface area contributed by atoms with Gasteiger partial charge in [0, 0.05) is 17.7 Å². The molecule has 180 valence electrons. The zero-order chi connectivity index (χ0) is 24.7. The standard InChI is InChI=1S/C22H20O12/c1-31-9-4-2-8(3-5-9)13-7-11(24)14-10(23)6-12(25)18(19(14)32-13)33-22-17(28)15(26)16(27)20(34-22)21(29)30/h2-7,15-17,20,22-23,25-28H,1H3,(H,29,30)/t15-,16+,17+,20-,22+/m0/s1. The number of hydrogen-bond acceptors (Lipinski definition) is 11. The third-order valence-corrected chi connectivity index (χ3v) is 5.34. The van der Waals surface area contributed by atoms with E-state index in [4.69, 9.17) is 18.6 Å². The number of carboxylic acids is 1. The molecule has 12 heteroatoms. The number of aliphatic carboxylic acids is 1. The number of hydrogen-bond donors (Lipinski definition) is 6. The molecule has 0 spiro atoms. The van der Waals surface area contributed by atoms with Gasteiger partial charge in [0.2, 0.25) is 12.0 Å². The number of phenolic OH excluding ortho intramolecular Hbond substituents is 2. The normalized spacial score (nSPS) is 24.6. The zero-order valence-corrected chi connectivity index (χ0v) is 17.5. The first-order valence-electron chi connectivity index (χ1n) is 9.88. The summed E-state index contributed by atoms with van der Waals surface area (Å²) in [5.41, 5.74) is -0.690. The molecule has 1 aliphatic heterocycles. The van der Waals surface area contributed by atoms with Crippen LogP contribution in [0.15, 0.2) is 45.6 Å². The summed E-state index contributed by atoms with van der Waals surface area (Å²) in [4.78, 5) is 24.1. The van der Waals surface area contributed by atoms with Gasteiger partial charge in [-0.2, -0.15) is 0 Å². The van der Waals surface area contributed by atoms with Crippen molar-refractivity contribution in [1.82, 2.24) is 0 Å². The average molecular weight is 476 g/mol. The molecule has 3 aromatic rings. The van der Waals surface area contributed by atoms with Crippen LogP contribution in [-0.4, -0.2) is 74.4 Å². The summed E-state index contributed by atoms with van der Waals surface area (Å²) in [6.45, 7) is 0. The van der Waals surface area contributed by atoms with Gasteiger partial charge >= 0.3 is 5.97 Å². The molecule has 1 fully saturated rings. The fourth-order valence-corrected chi connectivity index (χ4v) is 3.56. The van der Waals surface area contributed by atoms with Crippen molar-refractivity contribution in [2.75, 3.05) is 7.11 Å². The minimum absolute atomic E-state index is 0.0268. The number of benzene rings is 2. The molecule has 0 amide bonds. The van der Waals surface area contributed by atoms with E-state index < -0.39 is 64.9 Å². The maximum Gasteiger partial charge on any atom is 0.335 e. The van der Waals surface area contributed by atoms with Crippen LogP contribution in [-0.2, 0) is 9.53 Å². The first-order chi connectivity index (χ1) is 16.1. The van der Waals surface area contributed by atoms with Crippen molar-refractivity contribution in [3.05, 3.63) is 46.6 Å². The Hall–Kier alpha value is -3.84. The average Bonchev–Trinajstić information content (AvgIpc) is 2.80. The third-order valence-electron chi connectivity index (χ3n) is 5.34. The first-order valence-corrected chi connectivity index (χ1v) is 9.88. The summed E-state index contributed by atoms with van der Waals surface area (Å²) in [6, 6.07) is 8.31. The van der Waals surface area contributed by atoms with Crippen LogP contribution >= 0.6 is 0 Å². The highest BCUT2D eigenvalue weighted by atomic mass is 16.7. The van der Waals surface area contributed by atoms with Gasteiger partial charge in [-0.15, -0.1) is 0 Å². The Morgan fingerprint density at radius 2 is 1.65 bits per heavy atom. The largest absolute Gasteiger partial charge is 0.507 e. The quantitative estimate of drug-likeness (QED) is 0.292. The van der Waals surface area contributed by atoms with Gasteiger partial charge < -0.3 is 49.3 Å². The summed E-state index contributed by atoms with van der Waals surface area (Å²) in [5, 5.41) is 59.5. The van der Waals surface area contributed by atoms with E-state index in [1.165, 1.54) is 7.11 Å². The molecule has 6 N–H and O–H groups in total. The molecule has 0 unspecified atom stereocenters. The Labute approximate surface area is 190 Å². The maximum absolute atomic E-state index is 12.8. The van der Waals surface area contributed by atoms with E-state index in [2.05, 4.69) is 0 Å². The Bertz CT molecular complexity index is 1280. The van der Waals surface area contributed by atoms with E-state index in [1.54, 1.807) is 24.3 Å². The van der Waals surface area contributed by atoms with Gasteiger partial charge in [0.25, 0.3) is 0 Å². The number of phenols is 2. The molecule has 1 aliphatic rings. The molecule has 0 saturated carbocycles. The predicted molar refractivity (Wildman–Crippen MR) is 113 cm³/mol. The van der Waals surface area contributed by atoms with E-state index in [9.17, 15) is 40.2 Å². The fourth-order valence-electron chi connectivity index (χ4n) is 3.56. The van der Waals surface area contributed by atoms with Gasteiger partial charge in [-0.25, -0.2) is 4.79 Å². The number of carboxylic acid groups (broad SMARTS) is 1. The van der Waals surface area contributed by atoms with Crippen LogP contribution in [0.5, 0.6) is 23.0 Å². The summed E-state index contributed by atoms with van der Waals surface area (Å²) >= 11 is 0. The van der Waals surface area contributed by atoms with Crippen LogP contribution in [0.4, 0.5) is 0 Å². The molecular weight excluding hydrogens is 456 g/mol. The second-order valence-corrected chi connectivity index (χ2v) is 7.50. The fraction of sp³-hybridized carbons (Fsp3) is 0.273. The van der Waals surface area contributed by atoms with Crippen molar-refractivity contribution >= 4 is 16.9 Å². The van der Waals surface area contributed by atoms with Crippen LogP contribution in [0, 0.1) is 0 Å². The molecule has 5 atom stereocenters. The van der Waals surface area contributed by atoms with Crippen LogP contribution in [0.25, 0.3) is 22.3 Å². The van der Waals surface area contributed by atoms with E-state index >= 15 is 0 Å². The molecule has 0 radical (unpaired) electrons. The molecule has 34 heavy (non-hydrogen) atoms. The molecule has 1 saturated heterocycles. The maximum atomic E-state index is 12.8. The predicted octanol–water partition coefficient (Wildman–Crippen LogP) is 0.151. The topological polar surface area (TPSA) is 196 Å². The molecule has 0 aliphatic carbocycles. The van der Waals surface area contributed by atoms with Crippen molar-refractivity contribution in [1.29, 1.82) is 0 Å². The van der Waals surface area contributed by atoms with Gasteiger partial charge in [0.1, 0.15) is 41.0 Å². The molecular formula is C22H20O12. The van der Waals surface area contributed by atoms with Crippen molar-refractivity contribution in [3.8, 4) is 34.3 Å². The van der Waals surface area contributed by atoms with E-state index in [1.807, 2.05) is 0 Å². The molecule has 12 nitrogen and oxygen atoms in total. The highest BCUT2D eigenvalue weighted by Gasteiger charge is 2.48. The lowest BCUT2D eigenvalue weighted by atomic mass is 9.99. The van der Waals surface area contributed by atoms with Gasteiger partial charge in [0.05, 0.1) is 7.11 Å². The number of rotatable bonds is 5. The Balaban J connectivity index is 1.82. The Morgan fingerprint density at radius 3 is 2.26 bits per heavy atom. The number of carbonyl (C=O) groups is 1. The lowest BCUT2D eigenvalue weighted by molar-refractivity contribution is -0.271. The van der Waals surface area contributed by atoms with Crippen LogP contribution in [0.1, 0.15) is 0 Å².